The summed E-state index contributed by atoms with van der Waals surface area (Å²) >= 11 is 3.19. The highest BCUT2D eigenvalue weighted by Gasteiger charge is 2.43. The van der Waals surface area contributed by atoms with Gasteiger partial charge in [-0.1, -0.05) is 25.1 Å². The first-order chi connectivity index (χ1) is 13.9. The van der Waals surface area contributed by atoms with Gasteiger partial charge in [-0.05, 0) is 62.5 Å². The molecule has 6 nitrogen and oxygen atoms in total. The first kappa shape index (κ1) is 20.4. The third-order valence-corrected chi connectivity index (χ3v) is 8.43. The first-order valence-electron chi connectivity index (χ1n) is 10.3. The molecule has 29 heavy (non-hydrogen) atoms. The Morgan fingerprint density at radius 1 is 1.45 bits per heavy atom. The van der Waals surface area contributed by atoms with Crippen LogP contribution in [0.3, 0.4) is 0 Å². The number of thioether (sulfide) groups is 1. The van der Waals surface area contributed by atoms with Crippen molar-refractivity contribution >= 4 is 29.0 Å². The average molecular weight is 430 g/mol. The van der Waals surface area contributed by atoms with Crippen molar-refractivity contribution < 1.29 is 4.79 Å². The Morgan fingerprint density at radius 2 is 2.24 bits per heavy atom. The van der Waals surface area contributed by atoms with Crippen LogP contribution >= 0.6 is 23.1 Å². The van der Waals surface area contributed by atoms with Crippen LogP contribution in [-0.2, 0) is 24.7 Å². The largest absolute Gasteiger partial charge is 0.337 e. The maximum absolute atomic E-state index is 12.4. The van der Waals surface area contributed by atoms with Crippen LogP contribution < -0.4 is 5.32 Å². The van der Waals surface area contributed by atoms with E-state index in [2.05, 4.69) is 34.6 Å². The minimum Gasteiger partial charge on any atom is -0.337 e. The van der Waals surface area contributed by atoms with E-state index in [0.29, 0.717) is 0 Å². The lowest BCUT2D eigenvalue weighted by Crippen LogP contribution is -2.47. The quantitative estimate of drug-likeness (QED) is 0.674. The predicted molar refractivity (Wildman–Crippen MR) is 116 cm³/mol. The van der Waals surface area contributed by atoms with Crippen LogP contribution in [-0.4, -0.2) is 32.0 Å². The summed E-state index contributed by atoms with van der Waals surface area (Å²) in [6, 6.07) is 4.54. The number of carbonyl (C=O) groups is 1. The fourth-order valence-corrected chi connectivity index (χ4v) is 5.99. The number of hydrogen-bond acceptors (Lipinski definition) is 6. The van der Waals surface area contributed by atoms with Crippen LogP contribution in [0, 0.1) is 23.2 Å². The van der Waals surface area contributed by atoms with Gasteiger partial charge < -0.3 is 9.88 Å². The van der Waals surface area contributed by atoms with E-state index in [9.17, 15) is 10.1 Å². The molecule has 2 aromatic rings. The Balaban J connectivity index is 1.41. The molecule has 2 aliphatic carbocycles. The molecule has 1 saturated carbocycles. The van der Waals surface area contributed by atoms with E-state index < -0.39 is 5.54 Å². The molecular weight excluding hydrogens is 402 g/mol. The van der Waals surface area contributed by atoms with Crippen molar-refractivity contribution in [2.24, 2.45) is 18.9 Å². The summed E-state index contributed by atoms with van der Waals surface area (Å²) in [6.07, 6.45) is 6.86. The third kappa shape index (κ3) is 4.22. The van der Waals surface area contributed by atoms with Gasteiger partial charge >= 0.3 is 0 Å². The molecule has 0 saturated heterocycles. The Kier molecular flexibility index (Phi) is 5.71. The van der Waals surface area contributed by atoms with Crippen molar-refractivity contribution in [2.45, 2.75) is 63.1 Å². The molecule has 0 aromatic carbocycles. The van der Waals surface area contributed by atoms with E-state index in [-0.39, 0.29) is 17.6 Å². The molecule has 2 atom stereocenters. The fourth-order valence-electron chi connectivity index (χ4n) is 4.05. The van der Waals surface area contributed by atoms with E-state index in [4.69, 9.17) is 0 Å². The monoisotopic (exact) mass is 429 g/mol. The minimum absolute atomic E-state index is 0.132. The second-order valence-corrected chi connectivity index (χ2v) is 10.4. The highest BCUT2D eigenvalue weighted by Crippen LogP contribution is 2.40. The van der Waals surface area contributed by atoms with Crippen LogP contribution in [0.1, 0.15) is 50.0 Å². The highest BCUT2D eigenvalue weighted by atomic mass is 32.2. The molecule has 154 valence electrons. The van der Waals surface area contributed by atoms with Gasteiger partial charge in [-0.3, -0.25) is 4.79 Å². The van der Waals surface area contributed by atoms with E-state index >= 15 is 0 Å². The van der Waals surface area contributed by atoms with Gasteiger partial charge in [-0.2, -0.15) is 5.26 Å². The standard InChI is InChI=1S/C21H27N5OS2/c1-4-13-5-8-16-14(9-13)10-17(29-16)19-24-25-20(26(19)3)28-11-18(27)23-21(2,12-22)15-6-7-15/h10,13,15H,4-9,11H2,1-3H3,(H,23,27). The molecule has 1 N–H and O–H groups in total. The predicted octanol–water partition coefficient (Wildman–Crippen LogP) is 3.96. The zero-order chi connectivity index (χ0) is 20.6. The summed E-state index contributed by atoms with van der Waals surface area (Å²) in [4.78, 5) is 15.0. The molecule has 8 heteroatoms. The number of carbonyl (C=O) groups excluding carboxylic acids is 1. The Hall–Kier alpha value is -1.85. The van der Waals surface area contributed by atoms with Gasteiger partial charge in [0.2, 0.25) is 5.91 Å². The van der Waals surface area contributed by atoms with Gasteiger partial charge in [0.25, 0.3) is 0 Å². The summed E-state index contributed by atoms with van der Waals surface area (Å²) in [6.45, 7) is 4.09. The molecule has 0 aliphatic heterocycles. The maximum atomic E-state index is 12.4. The van der Waals surface area contributed by atoms with Crippen molar-refractivity contribution in [1.29, 1.82) is 5.26 Å². The summed E-state index contributed by atoms with van der Waals surface area (Å²) < 4.78 is 1.97. The third-order valence-electron chi connectivity index (χ3n) is 6.18. The van der Waals surface area contributed by atoms with Gasteiger partial charge in [0, 0.05) is 11.9 Å². The van der Waals surface area contributed by atoms with E-state index in [1.54, 1.807) is 0 Å². The lowest BCUT2D eigenvalue weighted by Gasteiger charge is -2.22. The van der Waals surface area contributed by atoms with E-state index in [0.717, 1.165) is 41.0 Å². The van der Waals surface area contributed by atoms with Crippen LogP contribution in [0.5, 0.6) is 0 Å². The van der Waals surface area contributed by atoms with Gasteiger partial charge in [0.05, 0.1) is 16.7 Å². The molecule has 0 radical (unpaired) electrons. The van der Waals surface area contributed by atoms with Crippen LogP contribution in [0.2, 0.25) is 0 Å². The number of thiophene rings is 1. The smallest absolute Gasteiger partial charge is 0.231 e. The molecule has 0 bridgehead atoms. The number of aryl methyl sites for hydroxylation is 1. The lowest BCUT2D eigenvalue weighted by molar-refractivity contribution is -0.119. The Bertz CT molecular complexity index is 955. The summed E-state index contributed by atoms with van der Waals surface area (Å²) in [7, 11) is 1.95. The number of hydrogen-bond donors (Lipinski definition) is 1. The van der Waals surface area contributed by atoms with Gasteiger partial charge in [0.15, 0.2) is 11.0 Å². The van der Waals surface area contributed by atoms with Crippen LogP contribution in [0.25, 0.3) is 10.7 Å². The molecule has 2 aromatic heterocycles. The van der Waals surface area contributed by atoms with Crippen molar-refractivity contribution in [3.63, 3.8) is 0 Å². The number of fused-ring (bicyclic) bond motifs is 1. The van der Waals surface area contributed by atoms with Crippen molar-refractivity contribution in [3.8, 4) is 16.8 Å². The average Bonchev–Trinajstić information content (AvgIpc) is 3.40. The van der Waals surface area contributed by atoms with Crippen LogP contribution in [0.4, 0.5) is 0 Å². The number of nitriles is 1. The topological polar surface area (TPSA) is 83.6 Å². The number of amides is 1. The number of nitrogens with zero attached hydrogens (tertiary/aromatic N) is 4. The SMILES string of the molecule is CCC1CCc2sc(-c3nnc(SCC(=O)NC(C)(C#N)C4CC4)n3C)cc2C1. The molecule has 2 unspecified atom stereocenters. The lowest BCUT2D eigenvalue weighted by atomic mass is 9.87. The Morgan fingerprint density at radius 3 is 2.93 bits per heavy atom. The molecule has 0 spiro atoms. The molecule has 1 fully saturated rings. The van der Waals surface area contributed by atoms with E-state index in [1.807, 2.05) is 29.9 Å². The molecular formula is C21H27N5OS2. The Labute approximate surface area is 180 Å². The van der Waals surface area contributed by atoms with Gasteiger partial charge in [-0.25, -0.2) is 0 Å². The zero-order valence-electron chi connectivity index (χ0n) is 17.2. The number of rotatable bonds is 7. The second-order valence-electron chi connectivity index (χ2n) is 8.37. The second kappa shape index (κ2) is 8.11. The number of aromatic nitrogens is 3. The summed E-state index contributed by atoms with van der Waals surface area (Å²) in [5.41, 5.74) is 0.713. The normalized spacial score (nSPS) is 20.6. The van der Waals surface area contributed by atoms with Crippen molar-refractivity contribution in [1.82, 2.24) is 20.1 Å². The van der Waals surface area contributed by atoms with Crippen LogP contribution in [0.15, 0.2) is 11.2 Å². The van der Waals surface area contributed by atoms with Gasteiger partial charge in [-0.15, -0.1) is 21.5 Å². The highest BCUT2D eigenvalue weighted by molar-refractivity contribution is 7.99. The van der Waals surface area contributed by atoms with Gasteiger partial charge in [0.1, 0.15) is 5.54 Å². The molecule has 4 rings (SSSR count). The molecule has 2 aliphatic rings. The number of nitrogens with one attached hydrogen (secondary N) is 1. The molecule has 1 amide bonds. The minimum atomic E-state index is -0.755. The first-order valence-corrected chi connectivity index (χ1v) is 12.1. The van der Waals surface area contributed by atoms with E-state index in [1.165, 1.54) is 41.5 Å². The van der Waals surface area contributed by atoms with Crippen molar-refractivity contribution in [2.75, 3.05) is 5.75 Å². The summed E-state index contributed by atoms with van der Waals surface area (Å²) in [5, 5.41) is 21.7. The fraction of sp³-hybridized carbons (Fsp3) is 0.619. The summed E-state index contributed by atoms with van der Waals surface area (Å²) in [5.74, 6) is 2.03. The molecule has 2 heterocycles. The zero-order valence-corrected chi connectivity index (χ0v) is 18.8. The van der Waals surface area contributed by atoms with Crippen molar-refractivity contribution in [3.05, 3.63) is 16.5 Å². The maximum Gasteiger partial charge on any atom is 0.231 e.